The van der Waals surface area contributed by atoms with Gasteiger partial charge in [-0.05, 0) is 24.6 Å². The van der Waals surface area contributed by atoms with Gasteiger partial charge in [-0.1, -0.05) is 12.1 Å². The van der Waals surface area contributed by atoms with Crippen molar-refractivity contribution in [3.05, 3.63) is 52.4 Å². The van der Waals surface area contributed by atoms with Crippen LogP contribution in [0.1, 0.15) is 20.8 Å². The number of benzene rings is 2. The Hall–Kier alpha value is -3.19. The van der Waals surface area contributed by atoms with E-state index in [0.29, 0.717) is 34.4 Å². The van der Waals surface area contributed by atoms with Gasteiger partial charge in [0.05, 0.1) is 26.2 Å². The summed E-state index contributed by atoms with van der Waals surface area (Å²) >= 11 is 1.47. The maximum atomic E-state index is 12.9. The van der Waals surface area contributed by atoms with E-state index in [1.165, 1.54) is 32.7 Å². The molecular formula is C22H21NO5S. The molecule has 1 aromatic heterocycles. The standard InChI is InChI=1S/C22H21NO5S/c1-12-6-5-7-15-19(12)21-13(11-28-15)8-18(29-21)22(24)23-14-9-16(25-2)20(27-4)17(10-14)26-3/h5-10H,11H2,1-4H3,(H,23,24). The van der Waals surface area contributed by atoms with Crippen LogP contribution in [0.3, 0.4) is 0 Å². The Morgan fingerprint density at radius 2 is 1.79 bits per heavy atom. The van der Waals surface area contributed by atoms with Gasteiger partial charge in [0.2, 0.25) is 5.75 Å². The topological polar surface area (TPSA) is 66.0 Å². The van der Waals surface area contributed by atoms with Gasteiger partial charge in [0.25, 0.3) is 5.91 Å². The Kier molecular flexibility index (Phi) is 5.07. The van der Waals surface area contributed by atoms with Crippen molar-refractivity contribution in [1.82, 2.24) is 0 Å². The highest BCUT2D eigenvalue weighted by molar-refractivity contribution is 7.17. The van der Waals surface area contributed by atoms with Crippen LogP contribution in [0.15, 0.2) is 36.4 Å². The summed E-state index contributed by atoms with van der Waals surface area (Å²) < 4.78 is 21.9. The highest BCUT2D eigenvalue weighted by atomic mass is 32.1. The fourth-order valence-electron chi connectivity index (χ4n) is 3.41. The van der Waals surface area contributed by atoms with Crippen LogP contribution in [-0.4, -0.2) is 27.2 Å². The third-order valence-electron chi connectivity index (χ3n) is 4.80. The van der Waals surface area contributed by atoms with E-state index in [4.69, 9.17) is 18.9 Å². The molecular weight excluding hydrogens is 390 g/mol. The van der Waals surface area contributed by atoms with Gasteiger partial charge in [0, 0.05) is 33.8 Å². The number of anilines is 1. The zero-order valence-electron chi connectivity index (χ0n) is 16.6. The van der Waals surface area contributed by atoms with Crippen LogP contribution < -0.4 is 24.3 Å². The van der Waals surface area contributed by atoms with Crippen molar-refractivity contribution < 1.29 is 23.7 Å². The number of carbonyl (C=O) groups is 1. The highest BCUT2D eigenvalue weighted by Crippen LogP contribution is 2.45. The Labute approximate surface area is 173 Å². The molecule has 0 saturated carbocycles. The molecule has 3 aromatic rings. The molecule has 0 aliphatic carbocycles. The number of methoxy groups -OCH3 is 3. The van der Waals surface area contributed by atoms with E-state index in [1.54, 1.807) is 12.1 Å². The number of nitrogens with one attached hydrogen (secondary N) is 1. The molecule has 1 N–H and O–H groups in total. The number of aryl methyl sites for hydroxylation is 1. The molecule has 0 saturated heterocycles. The van der Waals surface area contributed by atoms with Crippen LogP contribution in [0, 0.1) is 6.92 Å². The smallest absolute Gasteiger partial charge is 0.265 e. The lowest BCUT2D eigenvalue weighted by molar-refractivity contribution is 0.103. The van der Waals surface area contributed by atoms with Gasteiger partial charge in [-0.2, -0.15) is 0 Å². The summed E-state index contributed by atoms with van der Waals surface area (Å²) in [5.41, 5.74) is 3.77. The molecule has 1 aliphatic heterocycles. The lowest BCUT2D eigenvalue weighted by Gasteiger charge is -2.19. The highest BCUT2D eigenvalue weighted by Gasteiger charge is 2.24. The molecule has 0 bridgehead atoms. The van der Waals surface area contributed by atoms with E-state index in [0.717, 1.165) is 27.3 Å². The summed E-state index contributed by atoms with van der Waals surface area (Å²) in [6.45, 7) is 2.51. The number of rotatable bonds is 5. The Balaban J connectivity index is 1.65. The second-order valence-electron chi connectivity index (χ2n) is 6.57. The van der Waals surface area contributed by atoms with Gasteiger partial charge in [0.1, 0.15) is 12.4 Å². The summed E-state index contributed by atoms with van der Waals surface area (Å²) in [5.74, 6) is 2.09. The number of hydrogen-bond acceptors (Lipinski definition) is 6. The SMILES string of the molecule is COc1cc(NC(=O)c2cc3c(s2)-c2c(C)cccc2OC3)cc(OC)c1OC. The fraction of sp³-hybridized carbons (Fsp3) is 0.227. The maximum Gasteiger partial charge on any atom is 0.265 e. The summed E-state index contributed by atoms with van der Waals surface area (Å²) in [4.78, 5) is 14.6. The van der Waals surface area contributed by atoms with E-state index in [1.807, 2.05) is 31.2 Å². The number of amides is 1. The maximum absolute atomic E-state index is 12.9. The minimum Gasteiger partial charge on any atom is -0.493 e. The summed E-state index contributed by atoms with van der Waals surface area (Å²) in [5, 5.41) is 2.92. The molecule has 7 heteroatoms. The molecule has 2 heterocycles. The second kappa shape index (κ2) is 7.67. The van der Waals surface area contributed by atoms with E-state index in [-0.39, 0.29) is 5.91 Å². The van der Waals surface area contributed by atoms with E-state index < -0.39 is 0 Å². The second-order valence-corrected chi connectivity index (χ2v) is 7.62. The molecule has 1 aliphatic rings. The van der Waals surface area contributed by atoms with Crippen LogP contribution in [0.5, 0.6) is 23.0 Å². The fourth-order valence-corrected chi connectivity index (χ4v) is 4.59. The lowest BCUT2D eigenvalue weighted by atomic mass is 10.0. The van der Waals surface area contributed by atoms with E-state index in [9.17, 15) is 4.79 Å². The molecule has 1 amide bonds. The molecule has 4 rings (SSSR count). The predicted octanol–water partition coefficient (Wildman–Crippen LogP) is 4.89. The van der Waals surface area contributed by atoms with Crippen molar-refractivity contribution in [3.8, 4) is 33.4 Å². The van der Waals surface area contributed by atoms with Crippen molar-refractivity contribution in [3.63, 3.8) is 0 Å². The lowest BCUT2D eigenvalue weighted by Crippen LogP contribution is -2.10. The van der Waals surface area contributed by atoms with E-state index >= 15 is 0 Å². The third-order valence-corrected chi connectivity index (χ3v) is 5.99. The van der Waals surface area contributed by atoms with Crippen LogP contribution in [0.25, 0.3) is 10.4 Å². The van der Waals surface area contributed by atoms with Crippen molar-refractivity contribution in [2.24, 2.45) is 0 Å². The minimum atomic E-state index is -0.200. The zero-order valence-corrected chi connectivity index (χ0v) is 17.4. The van der Waals surface area contributed by atoms with Gasteiger partial charge in [0.15, 0.2) is 11.5 Å². The molecule has 150 valence electrons. The van der Waals surface area contributed by atoms with Gasteiger partial charge in [-0.15, -0.1) is 11.3 Å². The van der Waals surface area contributed by atoms with Crippen LogP contribution in [0.2, 0.25) is 0 Å². The monoisotopic (exact) mass is 411 g/mol. The Bertz CT molecular complexity index is 1060. The Morgan fingerprint density at radius 1 is 1.07 bits per heavy atom. The number of ether oxygens (including phenoxy) is 4. The van der Waals surface area contributed by atoms with Gasteiger partial charge >= 0.3 is 0 Å². The third kappa shape index (κ3) is 3.38. The average molecular weight is 411 g/mol. The molecule has 2 aromatic carbocycles. The molecule has 0 radical (unpaired) electrons. The predicted molar refractivity (Wildman–Crippen MR) is 113 cm³/mol. The zero-order chi connectivity index (χ0) is 20.5. The molecule has 0 spiro atoms. The van der Waals surface area contributed by atoms with E-state index in [2.05, 4.69) is 5.32 Å². The largest absolute Gasteiger partial charge is 0.493 e. The first-order valence-corrected chi connectivity index (χ1v) is 9.84. The van der Waals surface area contributed by atoms with Crippen LogP contribution in [-0.2, 0) is 6.61 Å². The molecule has 0 fully saturated rings. The van der Waals surface area contributed by atoms with Gasteiger partial charge in [-0.25, -0.2) is 0 Å². The first-order chi connectivity index (χ1) is 14.0. The van der Waals surface area contributed by atoms with Gasteiger partial charge < -0.3 is 24.3 Å². The van der Waals surface area contributed by atoms with Crippen molar-refractivity contribution in [2.75, 3.05) is 26.6 Å². The number of fused-ring (bicyclic) bond motifs is 3. The molecule has 0 unspecified atom stereocenters. The number of hydrogen-bond donors (Lipinski definition) is 1. The number of thiophene rings is 1. The quantitative estimate of drug-likeness (QED) is 0.647. The normalized spacial score (nSPS) is 11.7. The Morgan fingerprint density at radius 3 is 2.45 bits per heavy atom. The van der Waals surface area contributed by atoms with Gasteiger partial charge in [-0.3, -0.25) is 4.79 Å². The van der Waals surface area contributed by atoms with Crippen molar-refractivity contribution >= 4 is 22.9 Å². The summed E-state index contributed by atoms with van der Waals surface area (Å²) in [7, 11) is 4.61. The molecule has 6 nitrogen and oxygen atoms in total. The average Bonchev–Trinajstić information content (AvgIpc) is 3.17. The molecule has 29 heavy (non-hydrogen) atoms. The molecule has 0 atom stereocenters. The first kappa shape index (κ1) is 19.1. The van der Waals surface area contributed by atoms with Crippen LogP contribution in [0.4, 0.5) is 5.69 Å². The van der Waals surface area contributed by atoms with Crippen LogP contribution >= 0.6 is 11.3 Å². The van der Waals surface area contributed by atoms with Crippen molar-refractivity contribution in [1.29, 1.82) is 0 Å². The van der Waals surface area contributed by atoms with Crippen molar-refractivity contribution in [2.45, 2.75) is 13.5 Å². The number of carbonyl (C=O) groups excluding carboxylic acids is 1. The summed E-state index contributed by atoms with van der Waals surface area (Å²) in [6, 6.07) is 11.3. The first-order valence-electron chi connectivity index (χ1n) is 9.02. The minimum absolute atomic E-state index is 0.200. The summed E-state index contributed by atoms with van der Waals surface area (Å²) in [6.07, 6.45) is 0.